The molecule has 1 aromatic carbocycles. The molecule has 0 aliphatic heterocycles. The second kappa shape index (κ2) is 6.53. The Labute approximate surface area is 123 Å². The van der Waals surface area contributed by atoms with E-state index in [2.05, 4.69) is 27.3 Å². The van der Waals surface area contributed by atoms with E-state index in [1.54, 1.807) is 0 Å². The third-order valence-electron chi connectivity index (χ3n) is 3.89. The molecule has 0 aromatic heterocycles. The van der Waals surface area contributed by atoms with Gasteiger partial charge in [0.25, 0.3) is 0 Å². The van der Waals surface area contributed by atoms with Crippen molar-refractivity contribution in [1.29, 1.82) is 0 Å². The highest BCUT2D eigenvalue weighted by molar-refractivity contribution is 9.10. The summed E-state index contributed by atoms with van der Waals surface area (Å²) in [6.07, 6.45) is 5.68. The number of aryl methyl sites for hydroxylation is 1. The minimum atomic E-state index is -0.131. The van der Waals surface area contributed by atoms with Gasteiger partial charge in [-0.05, 0) is 37.0 Å². The Morgan fingerprint density at radius 1 is 1.37 bits per heavy atom. The minimum Gasteiger partial charge on any atom is -0.349 e. The first-order valence-corrected chi connectivity index (χ1v) is 7.68. The highest BCUT2D eigenvalue weighted by Crippen LogP contribution is 2.28. The predicted octanol–water partition coefficient (Wildman–Crippen LogP) is 2.77. The van der Waals surface area contributed by atoms with Crippen molar-refractivity contribution in [3.63, 3.8) is 0 Å². The van der Waals surface area contributed by atoms with Crippen LogP contribution < -0.4 is 11.1 Å². The van der Waals surface area contributed by atoms with Gasteiger partial charge in [0.2, 0.25) is 5.91 Å². The van der Waals surface area contributed by atoms with E-state index in [9.17, 15) is 4.79 Å². The lowest BCUT2D eigenvalue weighted by Gasteiger charge is -2.28. The molecule has 0 heterocycles. The Balaban J connectivity index is 1.84. The number of carbonyl (C=O) groups excluding carboxylic acids is 1. The summed E-state index contributed by atoms with van der Waals surface area (Å²) in [5.41, 5.74) is 6.87. The van der Waals surface area contributed by atoms with Gasteiger partial charge in [-0.25, -0.2) is 0 Å². The SMILES string of the molecule is NCC1(NC(=O)CCc2cccc(Br)c2)CCCC1. The lowest BCUT2D eigenvalue weighted by Crippen LogP contribution is -2.51. The van der Waals surface area contributed by atoms with E-state index in [0.29, 0.717) is 13.0 Å². The number of benzene rings is 1. The molecule has 1 saturated carbocycles. The molecule has 0 saturated heterocycles. The molecule has 0 bridgehead atoms. The molecule has 1 aliphatic rings. The molecule has 0 spiro atoms. The van der Waals surface area contributed by atoms with E-state index in [-0.39, 0.29) is 11.4 Å². The van der Waals surface area contributed by atoms with Crippen molar-refractivity contribution in [1.82, 2.24) is 5.32 Å². The number of rotatable bonds is 5. The lowest BCUT2D eigenvalue weighted by atomic mass is 9.97. The largest absolute Gasteiger partial charge is 0.349 e. The summed E-state index contributed by atoms with van der Waals surface area (Å²) in [6, 6.07) is 8.09. The number of amides is 1. The molecule has 104 valence electrons. The second-order valence-electron chi connectivity index (χ2n) is 5.37. The Bertz CT molecular complexity index is 442. The van der Waals surface area contributed by atoms with Gasteiger partial charge in [-0.2, -0.15) is 0 Å². The molecule has 2 rings (SSSR count). The topological polar surface area (TPSA) is 55.1 Å². The van der Waals surface area contributed by atoms with Crippen LogP contribution in [0.4, 0.5) is 0 Å². The van der Waals surface area contributed by atoms with Crippen LogP contribution in [0.2, 0.25) is 0 Å². The van der Waals surface area contributed by atoms with Crippen LogP contribution >= 0.6 is 15.9 Å². The predicted molar refractivity (Wildman–Crippen MR) is 80.9 cm³/mol. The number of nitrogens with one attached hydrogen (secondary N) is 1. The zero-order valence-corrected chi connectivity index (χ0v) is 12.7. The maximum atomic E-state index is 12.0. The van der Waals surface area contributed by atoms with Crippen molar-refractivity contribution in [2.75, 3.05) is 6.54 Å². The van der Waals surface area contributed by atoms with Crippen LogP contribution in [0, 0.1) is 0 Å². The third kappa shape index (κ3) is 4.05. The van der Waals surface area contributed by atoms with Crippen LogP contribution in [-0.2, 0) is 11.2 Å². The first kappa shape index (κ1) is 14.5. The summed E-state index contributed by atoms with van der Waals surface area (Å²) >= 11 is 3.44. The fraction of sp³-hybridized carbons (Fsp3) is 0.533. The number of hydrogen-bond acceptors (Lipinski definition) is 2. The highest BCUT2D eigenvalue weighted by atomic mass is 79.9. The van der Waals surface area contributed by atoms with Crippen LogP contribution in [0.25, 0.3) is 0 Å². The number of halogens is 1. The monoisotopic (exact) mass is 324 g/mol. The smallest absolute Gasteiger partial charge is 0.220 e. The molecular formula is C15H21BrN2O. The average Bonchev–Trinajstić information content (AvgIpc) is 2.86. The Kier molecular flexibility index (Phi) is 4.99. The van der Waals surface area contributed by atoms with E-state index in [0.717, 1.165) is 23.7 Å². The van der Waals surface area contributed by atoms with Crippen molar-refractivity contribution in [2.24, 2.45) is 5.73 Å². The number of carbonyl (C=O) groups is 1. The van der Waals surface area contributed by atoms with Gasteiger partial charge in [-0.3, -0.25) is 4.79 Å². The summed E-state index contributed by atoms with van der Waals surface area (Å²) in [7, 11) is 0. The molecule has 3 N–H and O–H groups in total. The van der Waals surface area contributed by atoms with E-state index < -0.39 is 0 Å². The standard InChI is InChI=1S/C15H21BrN2O/c16-13-5-3-4-12(10-13)6-7-14(19)18-15(11-17)8-1-2-9-15/h3-5,10H,1-2,6-9,11,17H2,(H,18,19). The van der Waals surface area contributed by atoms with Gasteiger partial charge in [0.05, 0.1) is 5.54 Å². The molecule has 0 radical (unpaired) electrons. The zero-order chi connectivity index (χ0) is 13.7. The van der Waals surface area contributed by atoms with Crippen molar-refractivity contribution in [3.05, 3.63) is 34.3 Å². The molecule has 1 aromatic rings. The molecule has 19 heavy (non-hydrogen) atoms. The molecule has 0 unspecified atom stereocenters. The van der Waals surface area contributed by atoms with E-state index in [4.69, 9.17) is 5.73 Å². The average molecular weight is 325 g/mol. The van der Waals surface area contributed by atoms with Crippen molar-refractivity contribution < 1.29 is 4.79 Å². The van der Waals surface area contributed by atoms with Crippen LogP contribution in [0.5, 0.6) is 0 Å². The molecule has 4 heteroatoms. The molecule has 3 nitrogen and oxygen atoms in total. The summed E-state index contributed by atoms with van der Waals surface area (Å²) in [6.45, 7) is 0.551. The quantitative estimate of drug-likeness (QED) is 0.875. The van der Waals surface area contributed by atoms with Crippen molar-refractivity contribution in [3.8, 4) is 0 Å². The van der Waals surface area contributed by atoms with Gasteiger partial charge in [-0.15, -0.1) is 0 Å². The van der Waals surface area contributed by atoms with E-state index in [1.807, 2.05) is 18.2 Å². The van der Waals surface area contributed by atoms with Gasteiger partial charge in [-0.1, -0.05) is 40.9 Å². The normalized spacial score (nSPS) is 17.4. The van der Waals surface area contributed by atoms with E-state index >= 15 is 0 Å². The summed E-state index contributed by atoms with van der Waals surface area (Å²) in [5.74, 6) is 0.118. The van der Waals surface area contributed by atoms with Gasteiger partial charge < -0.3 is 11.1 Å². The van der Waals surface area contributed by atoms with Crippen molar-refractivity contribution >= 4 is 21.8 Å². The van der Waals surface area contributed by atoms with Gasteiger partial charge in [0, 0.05) is 17.4 Å². The van der Waals surface area contributed by atoms with Crippen LogP contribution in [0.3, 0.4) is 0 Å². The van der Waals surface area contributed by atoms with Crippen molar-refractivity contribution in [2.45, 2.75) is 44.1 Å². The zero-order valence-electron chi connectivity index (χ0n) is 11.1. The number of nitrogens with two attached hydrogens (primary N) is 1. The Morgan fingerprint density at radius 3 is 2.74 bits per heavy atom. The molecule has 0 atom stereocenters. The maximum Gasteiger partial charge on any atom is 0.220 e. The Hall–Kier alpha value is -0.870. The van der Waals surface area contributed by atoms with Gasteiger partial charge >= 0.3 is 0 Å². The van der Waals surface area contributed by atoms with Gasteiger partial charge in [0.15, 0.2) is 0 Å². The maximum absolute atomic E-state index is 12.0. The fourth-order valence-corrected chi connectivity index (χ4v) is 3.19. The number of hydrogen-bond donors (Lipinski definition) is 2. The third-order valence-corrected chi connectivity index (χ3v) is 4.38. The summed E-state index contributed by atoms with van der Waals surface area (Å²) in [5, 5.41) is 3.15. The molecule has 1 amide bonds. The molecule has 1 aliphatic carbocycles. The lowest BCUT2D eigenvalue weighted by molar-refractivity contribution is -0.122. The molecule has 1 fully saturated rings. The Morgan fingerprint density at radius 2 is 2.11 bits per heavy atom. The first-order chi connectivity index (χ1) is 9.13. The van der Waals surface area contributed by atoms with Gasteiger partial charge in [0.1, 0.15) is 0 Å². The summed E-state index contributed by atoms with van der Waals surface area (Å²) < 4.78 is 1.06. The first-order valence-electron chi connectivity index (χ1n) is 6.89. The second-order valence-corrected chi connectivity index (χ2v) is 6.29. The van der Waals surface area contributed by atoms with Crippen LogP contribution in [0.1, 0.15) is 37.7 Å². The fourth-order valence-electron chi connectivity index (χ4n) is 2.74. The minimum absolute atomic E-state index is 0.118. The highest BCUT2D eigenvalue weighted by Gasteiger charge is 2.33. The van der Waals surface area contributed by atoms with Crippen LogP contribution in [-0.4, -0.2) is 18.0 Å². The summed E-state index contributed by atoms with van der Waals surface area (Å²) in [4.78, 5) is 12.0. The van der Waals surface area contributed by atoms with E-state index in [1.165, 1.54) is 18.4 Å². The van der Waals surface area contributed by atoms with Crippen LogP contribution in [0.15, 0.2) is 28.7 Å². The molecular weight excluding hydrogens is 304 g/mol.